The first-order chi connectivity index (χ1) is 12.4. The molecule has 0 aliphatic rings. The molecule has 0 amide bonds. The molecule has 0 aliphatic heterocycles. The minimum atomic E-state index is 0.711. The van der Waals surface area contributed by atoms with Gasteiger partial charge in [0.05, 0.1) is 6.61 Å². The molecular weight excluding hydrogens is 310 g/mol. The Kier molecular flexibility index (Phi) is 4.36. The third-order valence-corrected chi connectivity index (χ3v) is 4.39. The maximum Gasteiger partial charge on any atom is 0.138 e. The average Bonchev–Trinajstić information content (AvgIpc) is 3.04. The van der Waals surface area contributed by atoms with E-state index in [0.717, 1.165) is 40.8 Å². The van der Waals surface area contributed by atoms with E-state index >= 15 is 0 Å². The van der Waals surface area contributed by atoms with E-state index in [9.17, 15) is 0 Å². The van der Waals surface area contributed by atoms with Crippen molar-refractivity contribution in [2.24, 2.45) is 0 Å². The van der Waals surface area contributed by atoms with Gasteiger partial charge in [0.25, 0.3) is 0 Å². The molecule has 4 rings (SSSR count). The highest BCUT2D eigenvalue weighted by atomic mass is 16.5. The lowest BCUT2D eigenvalue weighted by Crippen LogP contribution is -2.11. The van der Waals surface area contributed by atoms with Crippen molar-refractivity contribution in [3.63, 3.8) is 0 Å². The first-order valence-electron chi connectivity index (χ1n) is 8.60. The lowest BCUT2D eigenvalue weighted by atomic mass is 10.0. The zero-order valence-corrected chi connectivity index (χ0v) is 14.3. The molecule has 25 heavy (non-hydrogen) atoms. The summed E-state index contributed by atoms with van der Waals surface area (Å²) in [5.74, 6) is 0.901. The molecule has 0 radical (unpaired) electrons. The van der Waals surface area contributed by atoms with Crippen LogP contribution in [0.1, 0.15) is 6.42 Å². The Morgan fingerprint density at radius 2 is 2.00 bits per heavy atom. The molecule has 0 atom stereocenters. The lowest BCUT2D eigenvalue weighted by Gasteiger charge is -2.09. The van der Waals surface area contributed by atoms with Gasteiger partial charge in [0.1, 0.15) is 11.4 Å². The summed E-state index contributed by atoms with van der Waals surface area (Å²) in [7, 11) is 1.95. The molecule has 0 spiro atoms. The normalized spacial score (nSPS) is 11.2. The van der Waals surface area contributed by atoms with Crippen molar-refractivity contribution in [2.45, 2.75) is 6.42 Å². The number of hydrogen-bond acceptors (Lipinski definition) is 3. The van der Waals surface area contributed by atoms with E-state index in [0.29, 0.717) is 6.61 Å². The molecular formula is C21H21N3O. The third kappa shape index (κ3) is 3.08. The zero-order valence-electron chi connectivity index (χ0n) is 14.3. The Morgan fingerprint density at radius 1 is 1.08 bits per heavy atom. The summed E-state index contributed by atoms with van der Waals surface area (Å²) in [5, 5.41) is 5.49. The molecule has 0 unspecified atom stereocenters. The van der Waals surface area contributed by atoms with E-state index in [1.165, 1.54) is 10.9 Å². The standard InChI is InChI=1S/C21H21N3O/c1-22-11-5-13-25-16-7-4-6-15(14-16)17-10-12-23-21-20(17)18-8-2-3-9-19(18)24-21/h2-4,6-10,12,14,22H,5,11,13H2,1H3,(H,23,24). The fourth-order valence-electron chi connectivity index (χ4n) is 3.20. The summed E-state index contributed by atoms with van der Waals surface area (Å²) >= 11 is 0. The van der Waals surface area contributed by atoms with Crippen LogP contribution in [0.15, 0.2) is 60.8 Å². The van der Waals surface area contributed by atoms with Crippen LogP contribution in [0, 0.1) is 0 Å². The molecule has 2 heterocycles. The van der Waals surface area contributed by atoms with Crippen molar-refractivity contribution < 1.29 is 4.74 Å². The zero-order chi connectivity index (χ0) is 17.1. The fraction of sp³-hybridized carbons (Fsp3) is 0.190. The van der Waals surface area contributed by atoms with Crippen LogP contribution in [0.3, 0.4) is 0 Å². The predicted octanol–water partition coefficient (Wildman–Crippen LogP) is 4.37. The van der Waals surface area contributed by atoms with E-state index < -0.39 is 0 Å². The summed E-state index contributed by atoms with van der Waals surface area (Å²) in [6.45, 7) is 1.67. The van der Waals surface area contributed by atoms with Crippen LogP contribution in [0.4, 0.5) is 0 Å². The molecule has 0 saturated heterocycles. The van der Waals surface area contributed by atoms with Gasteiger partial charge in [0.15, 0.2) is 0 Å². The van der Waals surface area contributed by atoms with Crippen LogP contribution < -0.4 is 10.1 Å². The Labute approximate surface area is 146 Å². The number of nitrogens with one attached hydrogen (secondary N) is 2. The number of pyridine rings is 1. The molecule has 0 saturated carbocycles. The minimum Gasteiger partial charge on any atom is -0.494 e. The van der Waals surface area contributed by atoms with Crippen LogP contribution in [0.5, 0.6) is 5.75 Å². The predicted molar refractivity (Wildman–Crippen MR) is 103 cm³/mol. The van der Waals surface area contributed by atoms with Gasteiger partial charge >= 0.3 is 0 Å². The van der Waals surface area contributed by atoms with Gasteiger partial charge in [-0.3, -0.25) is 0 Å². The van der Waals surface area contributed by atoms with Crippen LogP contribution in [0.2, 0.25) is 0 Å². The molecule has 0 fully saturated rings. The maximum absolute atomic E-state index is 5.89. The van der Waals surface area contributed by atoms with Crippen molar-refractivity contribution >= 4 is 21.9 Å². The van der Waals surface area contributed by atoms with Crippen LogP contribution >= 0.6 is 0 Å². The number of aromatic nitrogens is 2. The molecule has 126 valence electrons. The Hall–Kier alpha value is -2.85. The number of para-hydroxylation sites is 1. The largest absolute Gasteiger partial charge is 0.494 e. The van der Waals surface area contributed by atoms with Crippen molar-refractivity contribution in [1.82, 2.24) is 15.3 Å². The number of aromatic amines is 1. The molecule has 2 N–H and O–H groups in total. The monoisotopic (exact) mass is 331 g/mol. The minimum absolute atomic E-state index is 0.711. The quantitative estimate of drug-likeness (QED) is 0.516. The van der Waals surface area contributed by atoms with Crippen LogP contribution in [0.25, 0.3) is 33.1 Å². The van der Waals surface area contributed by atoms with E-state index in [-0.39, 0.29) is 0 Å². The van der Waals surface area contributed by atoms with Gasteiger partial charge in [-0.25, -0.2) is 4.98 Å². The number of fused-ring (bicyclic) bond motifs is 3. The summed E-state index contributed by atoms with van der Waals surface area (Å²) in [5.41, 5.74) is 4.34. The summed E-state index contributed by atoms with van der Waals surface area (Å²) < 4.78 is 5.89. The summed E-state index contributed by atoms with van der Waals surface area (Å²) in [6.07, 6.45) is 2.84. The van der Waals surface area contributed by atoms with Gasteiger partial charge in [-0.15, -0.1) is 0 Å². The second-order valence-corrected chi connectivity index (χ2v) is 6.09. The maximum atomic E-state index is 5.89. The first kappa shape index (κ1) is 15.7. The second kappa shape index (κ2) is 6.95. The van der Waals surface area contributed by atoms with Gasteiger partial charge in [0.2, 0.25) is 0 Å². The van der Waals surface area contributed by atoms with Crippen molar-refractivity contribution in [1.29, 1.82) is 0 Å². The van der Waals surface area contributed by atoms with E-state index in [1.807, 2.05) is 31.4 Å². The number of H-pyrrole nitrogens is 1. The summed E-state index contributed by atoms with van der Waals surface area (Å²) in [4.78, 5) is 7.91. The number of hydrogen-bond donors (Lipinski definition) is 2. The SMILES string of the molecule is CNCCCOc1cccc(-c2ccnc3[nH]c4ccccc4c23)c1. The number of nitrogens with zero attached hydrogens (tertiary/aromatic N) is 1. The van der Waals surface area contributed by atoms with Gasteiger partial charge in [0, 0.05) is 22.5 Å². The lowest BCUT2D eigenvalue weighted by molar-refractivity contribution is 0.310. The smallest absolute Gasteiger partial charge is 0.138 e. The Morgan fingerprint density at radius 3 is 2.92 bits per heavy atom. The fourth-order valence-corrected chi connectivity index (χ4v) is 3.20. The van der Waals surface area contributed by atoms with E-state index in [4.69, 9.17) is 4.74 Å². The molecule has 4 aromatic rings. The van der Waals surface area contributed by atoms with Gasteiger partial charge < -0.3 is 15.0 Å². The molecule has 2 aromatic carbocycles. The molecule has 0 bridgehead atoms. The van der Waals surface area contributed by atoms with Gasteiger partial charge in [-0.1, -0.05) is 30.3 Å². The number of benzene rings is 2. The number of ether oxygens (including phenoxy) is 1. The van der Waals surface area contributed by atoms with E-state index in [1.54, 1.807) is 0 Å². The van der Waals surface area contributed by atoms with Crippen molar-refractivity contribution in [2.75, 3.05) is 20.2 Å². The molecule has 4 nitrogen and oxygen atoms in total. The van der Waals surface area contributed by atoms with Gasteiger partial charge in [-0.05, 0) is 55.4 Å². The number of rotatable bonds is 6. The highest BCUT2D eigenvalue weighted by Crippen LogP contribution is 2.34. The molecule has 4 heteroatoms. The summed E-state index contributed by atoms with van der Waals surface area (Å²) in [6, 6.07) is 18.7. The second-order valence-electron chi connectivity index (χ2n) is 6.09. The highest BCUT2D eigenvalue weighted by molar-refractivity contribution is 6.12. The average molecular weight is 331 g/mol. The topological polar surface area (TPSA) is 49.9 Å². The Bertz CT molecular complexity index is 1010. The van der Waals surface area contributed by atoms with Crippen LogP contribution in [-0.4, -0.2) is 30.2 Å². The van der Waals surface area contributed by atoms with Crippen LogP contribution in [-0.2, 0) is 0 Å². The van der Waals surface area contributed by atoms with Crippen molar-refractivity contribution in [3.8, 4) is 16.9 Å². The molecule has 0 aliphatic carbocycles. The van der Waals surface area contributed by atoms with Crippen molar-refractivity contribution in [3.05, 3.63) is 60.8 Å². The Balaban J connectivity index is 1.74. The van der Waals surface area contributed by atoms with E-state index in [2.05, 4.69) is 51.7 Å². The van der Waals surface area contributed by atoms with Gasteiger partial charge in [-0.2, -0.15) is 0 Å². The first-order valence-corrected chi connectivity index (χ1v) is 8.60. The third-order valence-electron chi connectivity index (χ3n) is 4.39. The molecule has 2 aromatic heterocycles. The highest BCUT2D eigenvalue weighted by Gasteiger charge is 2.11.